The van der Waals surface area contributed by atoms with E-state index in [0.717, 1.165) is 49.3 Å². The van der Waals surface area contributed by atoms with Gasteiger partial charge >= 0.3 is 0 Å². The molecule has 8 heteroatoms. The summed E-state index contributed by atoms with van der Waals surface area (Å²) in [5.41, 5.74) is 0.916. The van der Waals surface area contributed by atoms with Gasteiger partial charge in [-0.3, -0.25) is 0 Å². The van der Waals surface area contributed by atoms with Gasteiger partial charge in [0.2, 0.25) is 5.95 Å². The number of nitrogens with zero attached hydrogens (tertiary/aromatic N) is 4. The van der Waals surface area contributed by atoms with Gasteiger partial charge in [-0.05, 0) is 38.1 Å². The van der Waals surface area contributed by atoms with Gasteiger partial charge < -0.3 is 29.3 Å². The van der Waals surface area contributed by atoms with Crippen molar-refractivity contribution in [1.82, 2.24) is 9.97 Å². The fourth-order valence-electron chi connectivity index (χ4n) is 3.66. The highest BCUT2D eigenvalue weighted by molar-refractivity contribution is 5.61. The summed E-state index contributed by atoms with van der Waals surface area (Å²) >= 11 is 0. The minimum Gasteiger partial charge on any atom is -0.497 e. The molecule has 2 aromatic rings. The van der Waals surface area contributed by atoms with E-state index in [0.29, 0.717) is 19.2 Å². The first-order chi connectivity index (χ1) is 14.1. The molecule has 0 amide bonds. The summed E-state index contributed by atoms with van der Waals surface area (Å²) in [7, 11) is 1.66. The van der Waals surface area contributed by atoms with Crippen molar-refractivity contribution >= 4 is 23.3 Å². The summed E-state index contributed by atoms with van der Waals surface area (Å²) in [4.78, 5) is 14.1. The second kappa shape index (κ2) is 8.84. The van der Waals surface area contributed by atoms with Crippen molar-refractivity contribution in [3.8, 4) is 5.75 Å². The van der Waals surface area contributed by atoms with E-state index in [4.69, 9.17) is 24.2 Å². The highest BCUT2D eigenvalue weighted by atomic mass is 16.5. The van der Waals surface area contributed by atoms with Crippen LogP contribution in [0.5, 0.6) is 5.75 Å². The molecule has 0 spiro atoms. The third-order valence-electron chi connectivity index (χ3n) is 5.18. The van der Waals surface area contributed by atoms with E-state index >= 15 is 0 Å². The Labute approximate surface area is 171 Å². The molecule has 2 atom stereocenters. The van der Waals surface area contributed by atoms with E-state index in [9.17, 15) is 0 Å². The van der Waals surface area contributed by atoms with Gasteiger partial charge in [-0.25, -0.2) is 0 Å². The molecular weight excluding hydrogens is 370 g/mol. The lowest BCUT2D eigenvalue weighted by atomic mass is 10.2. The number of aromatic nitrogens is 2. The van der Waals surface area contributed by atoms with Gasteiger partial charge in [0.1, 0.15) is 17.4 Å². The smallest absolute Gasteiger partial charge is 0.231 e. The van der Waals surface area contributed by atoms with Crippen LogP contribution in [-0.4, -0.2) is 68.7 Å². The topological polar surface area (TPSA) is 72.0 Å². The van der Waals surface area contributed by atoms with Crippen LogP contribution in [0.25, 0.3) is 0 Å². The zero-order chi connectivity index (χ0) is 20.2. The predicted octanol–water partition coefficient (Wildman–Crippen LogP) is 2.68. The number of rotatable bonds is 5. The van der Waals surface area contributed by atoms with E-state index in [1.54, 1.807) is 7.11 Å². The highest BCUT2D eigenvalue weighted by Gasteiger charge is 2.23. The number of anilines is 4. The zero-order valence-electron chi connectivity index (χ0n) is 17.3. The minimum absolute atomic E-state index is 0.184. The van der Waals surface area contributed by atoms with Crippen molar-refractivity contribution in [3.05, 3.63) is 30.3 Å². The molecule has 156 valence electrons. The molecule has 0 radical (unpaired) electrons. The van der Waals surface area contributed by atoms with Gasteiger partial charge in [0, 0.05) is 37.9 Å². The Balaban J connectivity index is 1.63. The molecule has 2 saturated heterocycles. The number of hydrogen-bond acceptors (Lipinski definition) is 8. The summed E-state index contributed by atoms with van der Waals surface area (Å²) < 4.78 is 16.6. The van der Waals surface area contributed by atoms with Crippen molar-refractivity contribution < 1.29 is 14.2 Å². The Morgan fingerprint density at radius 1 is 0.931 bits per heavy atom. The molecule has 1 aromatic heterocycles. The fraction of sp³-hybridized carbons (Fsp3) is 0.524. The normalized spacial score (nSPS) is 22.4. The molecule has 0 bridgehead atoms. The fourth-order valence-corrected chi connectivity index (χ4v) is 3.66. The number of ether oxygens (including phenoxy) is 3. The summed E-state index contributed by atoms with van der Waals surface area (Å²) in [6.45, 7) is 8.87. The molecule has 29 heavy (non-hydrogen) atoms. The molecule has 2 fully saturated rings. The number of nitrogens with one attached hydrogen (secondary N) is 1. The van der Waals surface area contributed by atoms with Crippen LogP contribution in [0.4, 0.5) is 23.3 Å². The van der Waals surface area contributed by atoms with Crippen molar-refractivity contribution in [3.63, 3.8) is 0 Å². The van der Waals surface area contributed by atoms with Gasteiger partial charge in [0.15, 0.2) is 0 Å². The Kier molecular flexibility index (Phi) is 6.01. The number of methoxy groups -OCH3 is 1. The third-order valence-corrected chi connectivity index (χ3v) is 5.18. The third kappa shape index (κ3) is 4.89. The summed E-state index contributed by atoms with van der Waals surface area (Å²) in [6, 6.07) is 9.83. The Bertz CT molecular complexity index is 776. The highest BCUT2D eigenvalue weighted by Crippen LogP contribution is 2.26. The molecule has 0 aliphatic carbocycles. The maximum absolute atomic E-state index is 5.70. The molecule has 8 nitrogen and oxygen atoms in total. The van der Waals surface area contributed by atoms with Crippen molar-refractivity contribution in [2.75, 3.05) is 61.6 Å². The summed E-state index contributed by atoms with van der Waals surface area (Å²) in [6.07, 6.45) is 0.368. The molecule has 0 unspecified atom stereocenters. The second-order valence-corrected chi connectivity index (χ2v) is 7.52. The predicted molar refractivity (Wildman–Crippen MR) is 114 cm³/mol. The zero-order valence-corrected chi connectivity index (χ0v) is 17.3. The van der Waals surface area contributed by atoms with E-state index in [1.807, 2.05) is 24.3 Å². The second-order valence-electron chi connectivity index (χ2n) is 7.52. The van der Waals surface area contributed by atoms with Crippen LogP contribution in [0.2, 0.25) is 0 Å². The first kappa shape index (κ1) is 19.7. The van der Waals surface area contributed by atoms with Crippen LogP contribution < -0.4 is 19.9 Å². The number of morpholine rings is 2. The van der Waals surface area contributed by atoms with E-state index in [2.05, 4.69) is 35.0 Å². The van der Waals surface area contributed by atoms with Crippen LogP contribution in [0.1, 0.15) is 13.8 Å². The lowest BCUT2D eigenvalue weighted by Crippen LogP contribution is -2.43. The molecule has 1 N–H and O–H groups in total. The molecule has 2 aliphatic rings. The van der Waals surface area contributed by atoms with E-state index in [-0.39, 0.29) is 12.2 Å². The maximum Gasteiger partial charge on any atom is 0.231 e. The van der Waals surface area contributed by atoms with E-state index in [1.165, 1.54) is 0 Å². The van der Waals surface area contributed by atoms with Gasteiger partial charge in [-0.15, -0.1) is 0 Å². The van der Waals surface area contributed by atoms with Crippen LogP contribution in [0.15, 0.2) is 30.3 Å². The Morgan fingerprint density at radius 2 is 1.48 bits per heavy atom. The van der Waals surface area contributed by atoms with Crippen molar-refractivity contribution in [1.29, 1.82) is 0 Å². The summed E-state index contributed by atoms with van der Waals surface area (Å²) in [5.74, 6) is 3.23. The maximum atomic E-state index is 5.70. The van der Waals surface area contributed by atoms with Gasteiger partial charge in [-0.2, -0.15) is 9.97 Å². The summed E-state index contributed by atoms with van der Waals surface area (Å²) in [5, 5.41) is 3.34. The molecule has 4 rings (SSSR count). The number of hydrogen-bond donors (Lipinski definition) is 1. The average Bonchev–Trinajstić information content (AvgIpc) is 2.74. The minimum atomic E-state index is 0.184. The number of benzene rings is 1. The van der Waals surface area contributed by atoms with Gasteiger partial charge in [0.05, 0.1) is 32.5 Å². The van der Waals surface area contributed by atoms with Crippen LogP contribution >= 0.6 is 0 Å². The van der Waals surface area contributed by atoms with Crippen LogP contribution in [-0.2, 0) is 9.47 Å². The van der Waals surface area contributed by atoms with Crippen LogP contribution in [0.3, 0.4) is 0 Å². The Hall–Kier alpha value is -2.58. The quantitative estimate of drug-likeness (QED) is 0.823. The van der Waals surface area contributed by atoms with Gasteiger partial charge in [0.25, 0.3) is 0 Å². The lowest BCUT2D eigenvalue weighted by molar-refractivity contribution is 0.0526. The van der Waals surface area contributed by atoms with E-state index < -0.39 is 0 Å². The molecule has 1 aromatic carbocycles. The Morgan fingerprint density at radius 3 is 1.97 bits per heavy atom. The SMILES string of the molecule is COc1ccc(Nc2nc(N3CCO[C@H](C)C3)cc(N3CCO[C@H](C)C3)n2)cc1. The standard InChI is InChI=1S/C21H29N5O3/c1-15-13-25(8-10-28-15)19-12-20(26-9-11-29-16(2)14-26)24-21(23-19)22-17-4-6-18(27-3)7-5-17/h4-7,12,15-16H,8-11,13-14H2,1-3H3,(H,22,23,24)/t15-,16-/m1/s1. The monoisotopic (exact) mass is 399 g/mol. The van der Waals surface area contributed by atoms with Crippen molar-refractivity contribution in [2.45, 2.75) is 26.1 Å². The molecule has 0 saturated carbocycles. The van der Waals surface area contributed by atoms with Crippen molar-refractivity contribution in [2.24, 2.45) is 0 Å². The average molecular weight is 399 g/mol. The van der Waals surface area contributed by atoms with Gasteiger partial charge in [-0.1, -0.05) is 0 Å². The van der Waals surface area contributed by atoms with Crippen LogP contribution in [0, 0.1) is 0 Å². The molecular formula is C21H29N5O3. The molecule has 3 heterocycles. The first-order valence-electron chi connectivity index (χ1n) is 10.1. The largest absolute Gasteiger partial charge is 0.497 e. The molecule has 2 aliphatic heterocycles. The lowest BCUT2D eigenvalue weighted by Gasteiger charge is -2.35. The first-order valence-corrected chi connectivity index (χ1v) is 10.1.